The second-order valence-corrected chi connectivity index (χ2v) is 8.21. The molecule has 144 valence electrons. The van der Waals surface area contributed by atoms with E-state index in [0.29, 0.717) is 31.1 Å². The molecule has 1 saturated heterocycles. The predicted octanol–water partition coefficient (Wildman–Crippen LogP) is -0.101. The molecule has 0 bridgehead atoms. The van der Waals surface area contributed by atoms with Gasteiger partial charge in [0.2, 0.25) is 15.9 Å². The molecule has 0 unspecified atom stereocenters. The molecule has 1 aromatic carbocycles. The van der Waals surface area contributed by atoms with Crippen LogP contribution in [0.5, 0.6) is 0 Å². The molecule has 0 atom stereocenters. The van der Waals surface area contributed by atoms with Gasteiger partial charge in [-0.25, -0.2) is 8.42 Å². The second-order valence-electron chi connectivity index (χ2n) is 6.30. The molecule has 9 heteroatoms. The summed E-state index contributed by atoms with van der Waals surface area (Å²) in [5, 5.41) is 2.47. The van der Waals surface area contributed by atoms with Crippen LogP contribution in [0.25, 0.3) is 0 Å². The summed E-state index contributed by atoms with van der Waals surface area (Å²) in [7, 11) is -2.29. The van der Waals surface area contributed by atoms with Gasteiger partial charge < -0.3 is 10.1 Å². The summed E-state index contributed by atoms with van der Waals surface area (Å²) in [4.78, 5) is 25.0. The van der Waals surface area contributed by atoms with E-state index in [4.69, 9.17) is 0 Å². The number of esters is 1. The first-order valence-corrected chi connectivity index (χ1v) is 9.81. The molecule has 26 heavy (non-hydrogen) atoms. The molecule has 1 aliphatic rings. The van der Waals surface area contributed by atoms with Gasteiger partial charge in [-0.15, -0.1) is 0 Å². The monoisotopic (exact) mass is 383 g/mol. The van der Waals surface area contributed by atoms with Crippen LogP contribution in [0.4, 0.5) is 0 Å². The normalized spacial score (nSPS) is 16.3. The number of carbonyl (C=O) groups excluding carboxylic acids is 2. The molecule has 0 aliphatic carbocycles. The first-order chi connectivity index (χ1) is 12.2. The number of methoxy groups -OCH3 is 1. The first-order valence-electron chi connectivity index (χ1n) is 8.37. The number of ether oxygens (including phenoxy) is 1. The average molecular weight is 383 g/mol. The average Bonchev–Trinajstić information content (AvgIpc) is 2.59. The van der Waals surface area contributed by atoms with E-state index in [1.807, 2.05) is 17.9 Å². The fourth-order valence-corrected chi connectivity index (χ4v) is 4.49. The number of nitrogens with zero attached hydrogens (tertiary/aromatic N) is 2. The Hall–Kier alpha value is -1.97. The van der Waals surface area contributed by atoms with Crippen LogP contribution in [-0.4, -0.2) is 75.9 Å². The Balaban J connectivity index is 1.91. The Bertz CT molecular complexity index is 771. The number of hydrogen-bond acceptors (Lipinski definition) is 6. The number of carbonyl (C=O) groups is 2. The number of benzene rings is 1. The number of sulfonamides is 1. The molecule has 0 saturated carbocycles. The maximum atomic E-state index is 12.8. The van der Waals surface area contributed by atoms with Crippen LogP contribution in [0.3, 0.4) is 0 Å². The second kappa shape index (κ2) is 8.61. The van der Waals surface area contributed by atoms with E-state index >= 15 is 0 Å². The smallest absolute Gasteiger partial charge is 0.325 e. The highest BCUT2D eigenvalue weighted by Crippen LogP contribution is 2.22. The zero-order chi connectivity index (χ0) is 19.3. The molecule has 1 aliphatic heterocycles. The van der Waals surface area contributed by atoms with Crippen LogP contribution in [-0.2, 0) is 24.3 Å². The lowest BCUT2D eigenvalue weighted by molar-refractivity contribution is -0.141. The van der Waals surface area contributed by atoms with E-state index in [1.54, 1.807) is 19.1 Å². The Morgan fingerprint density at radius 3 is 2.38 bits per heavy atom. The molecule has 1 fully saturated rings. The highest BCUT2D eigenvalue weighted by Gasteiger charge is 2.30. The van der Waals surface area contributed by atoms with Crippen LogP contribution in [0.15, 0.2) is 23.1 Å². The van der Waals surface area contributed by atoms with Gasteiger partial charge in [0.1, 0.15) is 6.54 Å². The minimum Gasteiger partial charge on any atom is -0.468 e. The van der Waals surface area contributed by atoms with E-state index in [2.05, 4.69) is 10.1 Å². The Morgan fingerprint density at radius 1 is 1.15 bits per heavy atom. The highest BCUT2D eigenvalue weighted by atomic mass is 32.2. The minimum atomic E-state index is -3.54. The third kappa shape index (κ3) is 5.03. The number of hydrogen-bond donors (Lipinski definition) is 1. The highest BCUT2D eigenvalue weighted by molar-refractivity contribution is 7.89. The molecule has 2 rings (SSSR count). The lowest BCUT2D eigenvalue weighted by Gasteiger charge is -2.33. The summed E-state index contributed by atoms with van der Waals surface area (Å²) in [5.74, 6) is -0.802. The molecule has 0 aromatic heterocycles. The van der Waals surface area contributed by atoms with Gasteiger partial charge in [-0.1, -0.05) is 17.7 Å². The zero-order valence-corrected chi connectivity index (χ0v) is 16.1. The number of amides is 1. The van der Waals surface area contributed by atoms with Crippen molar-refractivity contribution in [3.63, 3.8) is 0 Å². The van der Waals surface area contributed by atoms with E-state index in [0.717, 1.165) is 11.1 Å². The van der Waals surface area contributed by atoms with Gasteiger partial charge in [-0.2, -0.15) is 4.31 Å². The van der Waals surface area contributed by atoms with Gasteiger partial charge in [-0.3, -0.25) is 14.5 Å². The summed E-state index contributed by atoms with van der Waals surface area (Å²) in [5.41, 5.74) is 1.75. The topological polar surface area (TPSA) is 96.0 Å². The number of piperazine rings is 1. The molecule has 0 radical (unpaired) electrons. The summed E-state index contributed by atoms with van der Waals surface area (Å²) >= 11 is 0. The van der Waals surface area contributed by atoms with E-state index in [-0.39, 0.29) is 19.0 Å². The fourth-order valence-electron chi connectivity index (χ4n) is 2.86. The molecule has 1 heterocycles. The minimum absolute atomic E-state index is 0.119. The maximum absolute atomic E-state index is 12.8. The van der Waals surface area contributed by atoms with Gasteiger partial charge in [0.05, 0.1) is 18.6 Å². The first kappa shape index (κ1) is 20.3. The zero-order valence-electron chi connectivity index (χ0n) is 15.3. The number of nitrogens with one attached hydrogen (secondary N) is 1. The van der Waals surface area contributed by atoms with Crippen molar-refractivity contribution in [2.75, 3.05) is 46.4 Å². The lowest BCUT2D eigenvalue weighted by atomic mass is 10.2. The molecule has 1 aromatic rings. The summed E-state index contributed by atoms with van der Waals surface area (Å²) in [6.07, 6.45) is 0. The lowest BCUT2D eigenvalue weighted by Crippen LogP contribution is -2.51. The predicted molar refractivity (Wildman–Crippen MR) is 96.1 cm³/mol. The SMILES string of the molecule is COC(=O)CNC(=O)CN1CCN(S(=O)(=O)c2ccc(C)cc2C)CC1. The Kier molecular flexibility index (Phi) is 6.74. The third-order valence-electron chi connectivity index (χ3n) is 4.30. The maximum Gasteiger partial charge on any atom is 0.325 e. The van der Waals surface area contributed by atoms with Crippen molar-refractivity contribution in [2.45, 2.75) is 18.7 Å². The molecule has 1 amide bonds. The van der Waals surface area contributed by atoms with E-state index in [9.17, 15) is 18.0 Å². The van der Waals surface area contributed by atoms with Crippen LogP contribution in [0.1, 0.15) is 11.1 Å². The van der Waals surface area contributed by atoms with Crippen LogP contribution >= 0.6 is 0 Å². The molecular weight excluding hydrogens is 358 g/mol. The van der Waals surface area contributed by atoms with Gasteiger partial charge >= 0.3 is 5.97 Å². The van der Waals surface area contributed by atoms with Crippen molar-refractivity contribution >= 4 is 21.9 Å². The van der Waals surface area contributed by atoms with Crippen molar-refractivity contribution in [3.05, 3.63) is 29.3 Å². The van der Waals surface area contributed by atoms with Crippen molar-refractivity contribution in [3.8, 4) is 0 Å². The van der Waals surface area contributed by atoms with Crippen molar-refractivity contribution in [2.24, 2.45) is 0 Å². The van der Waals surface area contributed by atoms with Gasteiger partial charge in [0, 0.05) is 26.2 Å². The largest absolute Gasteiger partial charge is 0.468 e. The number of aryl methyl sites for hydroxylation is 2. The van der Waals surface area contributed by atoms with E-state index < -0.39 is 16.0 Å². The number of rotatable bonds is 6. The van der Waals surface area contributed by atoms with Gasteiger partial charge in [0.25, 0.3) is 0 Å². The third-order valence-corrected chi connectivity index (χ3v) is 6.36. The molecule has 0 spiro atoms. The summed E-state index contributed by atoms with van der Waals surface area (Å²) < 4.78 is 31.6. The van der Waals surface area contributed by atoms with Crippen molar-refractivity contribution in [1.82, 2.24) is 14.5 Å². The van der Waals surface area contributed by atoms with Crippen LogP contribution < -0.4 is 5.32 Å². The summed E-state index contributed by atoms with van der Waals surface area (Å²) in [6, 6.07) is 5.29. The quantitative estimate of drug-likeness (QED) is 0.689. The Morgan fingerprint density at radius 2 is 1.81 bits per heavy atom. The van der Waals surface area contributed by atoms with Crippen LogP contribution in [0, 0.1) is 13.8 Å². The molecule has 1 N–H and O–H groups in total. The van der Waals surface area contributed by atoms with Crippen molar-refractivity contribution < 1.29 is 22.7 Å². The Labute approximate surface area is 154 Å². The van der Waals surface area contributed by atoms with Gasteiger partial charge in [0.15, 0.2) is 0 Å². The standard InChI is InChI=1S/C17H25N3O5S/c1-13-4-5-15(14(2)10-13)26(23,24)20-8-6-19(7-9-20)12-16(21)18-11-17(22)25-3/h4-5,10H,6-9,11-12H2,1-3H3,(H,18,21). The molecular formula is C17H25N3O5S. The van der Waals surface area contributed by atoms with Crippen molar-refractivity contribution in [1.29, 1.82) is 0 Å². The van der Waals surface area contributed by atoms with Crippen LogP contribution in [0.2, 0.25) is 0 Å². The molecule has 8 nitrogen and oxygen atoms in total. The fraction of sp³-hybridized carbons (Fsp3) is 0.529. The van der Waals surface area contributed by atoms with Gasteiger partial charge in [-0.05, 0) is 25.5 Å². The van der Waals surface area contributed by atoms with E-state index in [1.165, 1.54) is 11.4 Å². The summed E-state index contributed by atoms with van der Waals surface area (Å²) in [6.45, 7) is 5.21.